The molecule has 6 rings (SSSR count). The van der Waals surface area contributed by atoms with Crippen LogP contribution in [0.4, 0.5) is 8.78 Å². The number of benzene rings is 1. The Morgan fingerprint density at radius 3 is 2.83 bits per heavy atom. The molecule has 0 radical (unpaired) electrons. The van der Waals surface area contributed by atoms with Gasteiger partial charge < -0.3 is 19.7 Å². The molecule has 2 aliphatic heterocycles. The van der Waals surface area contributed by atoms with Crippen molar-refractivity contribution in [1.82, 2.24) is 34.6 Å². The van der Waals surface area contributed by atoms with Gasteiger partial charge in [-0.25, -0.2) is 18.3 Å². The summed E-state index contributed by atoms with van der Waals surface area (Å²) in [5.41, 5.74) is 1.66. The van der Waals surface area contributed by atoms with Crippen LogP contribution in [0.15, 0.2) is 36.8 Å². The summed E-state index contributed by atoms with van der Waals surface area (Å²) >= 11 is 0. The lowest BCUT2D eigenvalue weighted by Gasteiger charge is -2.15. The number of fused-ring (bicyclic) bond motifs is 1. The van der Waals surface area contributed by atoms with Crippen molar-refractivity contribution in [2.45, 2.75) is 31.9 Å². The summed E-state index contributed by atoms with van der Waals surface area (Å²) < 4.78 is 44.2. The summed E-state index contributed by atoms with van der Waals surface area (Å²) in [6.45, 7) is 2.82. The van der Waals surface area contributed by atoms with Crippen LogP contribution in [0.1, 0.15) is 29.6 Å². The Balaban J connectivity index is 1.39. The summed E-state index contributed by atoms with van der Waals surface area (Å²) in [4.78, 5) is 30.3. The van der Waals surface area contributed by atoms with Gasteiger partial charge in [-0.15, -0.1) is 5.10 Å². The second-order valence-electron chi connectivity index (χ2n) is 9.76. The molecule has 13 heteroatoms. The summed E-state index contributed by atoms with van der Waals surface area (Å²) in [6, 6.07) is 3.85. The molecule has 0 unspecified atom stereocenters. The van der Waals surface area contributed by atoms with E-state index >= 15 is 0 Å². The molecule has 0 aliphatic carbocycles. The number of rotatable bonds is 8. The minimum absolute atomic E-state index is 0.0365. The van der Waals surface area contributed by atoms with Crippen LogP contribution < -0.4 is 10.1 Å². The zero-order chi connectivity index (χ0) is 27.8. The average Bonchev–Trinajstić information content (AvgIpc) is 3.77. The predicted molar refractivity (Wildman–Crippen MR) is 139 cm³/mol. The average molecular weight is 552 g/mol. The third-order valence-electron chi connectivity index (χ3n) is 7.13. The third-order valence-corrected chi connectivity index (χ3v) is 7.13. The smallest absolute Gasteiger partial charge is 0.251 e. The second kappa shape index (κ2) is 10.6. The number of imidazole rings is 1. The lowest BCUT2D eigenvalue weighted by molar-refractivity contribution is -0.127. The van der Waals surface area contributed by atoms with Crippen molar-refractivity contribution in [2.75, 3.05) is 33.4 Å². The van der Waals surface area contributed by atoms with E-state index in [9.17, 15) is 18.4 Å². The van der Waals surface area contributed by atoms with Crippen molar-refractivity contribution in [1.29, 1.82) is 0 Å². The number of carbonyl (C=O) groups is 2. The number of likely N-dealkylation sites (tertiary alicyclic amines) is 1. The number of ether oxygens (including phenoxy) is 2. The van der Waals surface area contributed by atoms with Crippen LogP contribution in [-0.2, 0) is 16.1 Å². The highest BCUT2D eigenvalue weighted by atomic mass is 19.2. The Hall–Kier alpha value is -4.39. The molecule has 2 fully saturated rings. The number of aromatic nitrogens is 5. The molecule has 4 aromatic rings. The number of hydrogen-bond acceptors (Lipinski definition) is 7. The van der Waals surface area contributed by atoms with Crippen molar-refractivity contribution >= 4 is 17.5 Å². The molecular weight excluding hydrogens is 524 g/mol. The van der Waals surface area contributed by atoms with Crippen LogP contribution >= 0.6 is 0 Å². The highest BCUT2D eigenvalue weighted by Crippen LogP contribution is 2.33. The number of nitrogens with zero attached hydrogens (tertiary/aromatic N) is 6. The number of amides is 2. The standard InChI is InChI=1S/C27H27F2N7O4/c1-30-26(38)16-9-20(25(29)21(28)10-16)22-13-31-23-11-19(27(33-36(22)23)40-18-4-8-39-15-18)17-12-32-35(14-17)7-6-34-5-2-3-24(34)37/h9-14,18H,2-8,15H2,1H3,(H,30,38)/t18-/m0/s1. The van der Waals surface area contributed by atoms with Gasteiger partial charge in [0.15, 0.2) is 17.3 Å². The van der Waals surface area contributed by atoms with Crippen LogP contribution in [0.2, 0.25) is 0 Å². The molecule has 11 nitrogen and oxygen atoms in total. The highest BCUT2D eigenvalue weighted by molar-refractivity contribution is 5.95. The van der Waals surface area contributed by atoms with Gasteiger partial charge in [0.05, 0.1) is 43.4 Å². The largest absolute Gasteiger partial charge is 0.470 e. The Morgan fingerprint density at radius 1 is 1.20 bits per heavy atom. The van der Waals surface area contributed by atoms with E-state index in [-0.39, 0.29) is 34.7 Å². The molecule has 5 heterocycles. The first-order chi connectivity index (χ1) is 19.4. The fourth-order valence-electron chi connectivity index (χ4n) is 4.98. The maximum absolute atomic E-state index is 15.0. The van der Waals surface area contributed by atoms with E-state index in [1.807, 2.05) is 11.1 Å². The first kappa shape index (κ1) is 25.9. The molecular formula is C27H27F2N7O4. The lowest BCUT2D eigenvalue weighted by atomic mass is 10.1. The zero-order valence-electron chi connectivity index (χ0n) is 21.8. The molecule has 0 saturated carbocycles. The molecule has 3 aromatic heterocycles. The van der Waals surface area contributed by atoms with Crippen molar-refractivity contribution in [3.8, 4) is 28.3 Å². The van der Waals surface area contributed by atoms with Crippen molar-refractivity contribution in [3.63, 3.8) is 0 Å². The van der Waals surface area contributed by atoms with Gasteiger partial charge in [-0.1, -0.05) is 0 Å². The molecule has 2 amide bonds. The number of carbonyl (C=O) groups excluding carboxylic acids is 2. The van der Waals surface area contributed by atoms with E-state index in [4.69, 9.17) is 9.47 Å². The minimum atomic E-state index is -1.16. The molecule has 0 spiro atoms. The summed E-state index contributed by atoms with van der Waals surface area (Å²) in [5, 5.41) is 11.5. The quantitative estimate of drug-likeness (QED) is 0.358. The topological polar surface area (TPSA) is 116 Å². The van der Waals surface area contributed by atoms with Gasteiger partial charge in [0.1, 0.15) is 6.10 Å². The van der Waals surface area contributed by atoms with Gasteiger partial charge in [0, 0.05) is 55.9 Å². The minimum Gasteiger partial charge on any atom is -0.470 e. The third kappa shape index (κ3) is 4.88. The zero-order valence-corrected chi connectivity index (χ0v) is 21.8. The van der Waals surface area contributed by atoms with Crippen molar-refractivity contribution < 1.29 is 27.8 Å². The number of hydrogen-bond donors (Lipinski definition) is 1. The van der Waals surface area contributed by atoms with E-state index in [0.717, 1.165) is 24.6 Å². The Kier molecular flexibility index (Phi) is 6.88. The van der Waals surface area contributed by atoms with Crippen LogP contribution in [-0.4, -0.2) is 80.5 Å². The highest BCUT2D eigenvalue weighted by Gasteiger charge is 2.25. The summed E-state index contributed by atoms with van der Waals surface area (Å²) in [7, 11) is 1.41. The van der Waals surface area contributed by atoms with E-state index < -0.39 is 17.5 Å². The Bertz CT molecular complexity index is 1600. The Labute approximate surface area is 227 Å². The fraction of sp³-hybridized carbons (Fsp3) is 0.370. The molecule has 0 bridgehead atoms. The molecule has 208 valence electrons. The van der Waals surface area contributed by atoms with E-state index in [2.05, 4.69) is 20.5 Å². The summed E-state index contributed by atoms with van der Waals surface area (Å²) in [5.74, 6) is -2.43. The van der Waals surface area contributed by atoms with Gasteiger partial charge >= 0.3 is 0 Å². The van der Waals surface area contributed by atoms with Crippen LogP contribution in [0.5, 0.6) is 5.88 Å². The maximum Gasteiger partial charge on any atom is 0.251 e. The van der Waals surface area contributed by atoms with Crippen LogP contribution in [0.25, 0.3) is 28.0 Å². The van der Waals surface area contributed by atoms with Crippen molar-refractivity contribution in [2.24, 2.45) is 0 Å². The van der Waals surface area contributed by atoms with Gasteiger partial charge in [0.2, 0.25) is 11.8 Å². The van der Waals surface area contributed by atoms with Gasteiger partial charge in [-0.2, -0.15) is 5.10 Å². The molecule has 1 aromatic carbocycles. The fourth-order valence-corrected chi connectivity index (χ4v) is 4.98. The van der Waals surface area contributed by atoms with Gasteiger partial charge in [0.25, 0.3) is 5.91 Å². The molecule has 2 saturated heterocycles. The molecule has 1 N–H and O–H groups in total. The van der Waals surface area contributed by atoms with E-state index in [0.29, 0.717) is 50.4 Å². The monoisotopic (exact) mass is 551 g/mol. The predicted octanol–water partition coefficient (Wildman–Crippen LogP) is 2.69. The molecule has 1 atom stereocenters. The van der Waals surface area contributed by atoms with Crippen molar-refractivity contribution in [3.05, 3.63) is 54.0 Å². The maximum atomic E-state index is 15.0. The second-order valence-corrected chi connectivity index (χ2v) is 9.76. The van der Waals surface area contributed by atoms with Crippen LogP contribution in [0, 0.1) is 11.6 Å². The lowest BCUT2D eigenvalue weighted by Crippen LogP contribution is -2.28. The molecule has 2 aliphatic rings. The number of halogens is 2. The first-order valence-corrected chi connectivity index (χ1v) is 13.1. The van der Waals surface area contributed by atoms with Gasteiger partial charge in [-0.3, -0.25) is 14.3 Å². The van der Waals surface area contributed by atoms with Gasteiger partial charge in [-0.05, 0) is 24.6 Å². The van der Waals surface area contributed by atoms with Crippen LogP contribution in [0.3, 0.4) is 0 Å². The SMILES string of the molecule is CNC(=O)c1cc(F)c(F)c(-c2cnc3cc(-c4cnn(CCN5CCCC5=O)c4)c(O[C@H]4CCOC4)nn23)c1. The first-order valence-electron chi connectivity index (χ1n) is 13.1. The summed E-state index contributed by atoms with van der Waals surface area (Å²) in [6.07, 6.45) is 6.79. The number of nitrogens with one attached hydrogen (secondary N) is 1. The van der Waals surface area contributed by atoms with E-state index in [1.54, 1.807) is 16.9 Å². The normalized spacial score (nSPS) is 17.2. The molecule has 40 heavy (non-hydrogen) atoms. The Morgan fingerprint density at radius 2 is 2.08 bits per heavy atom. The van der Waals surface area contributed by atoms with E-state index in [1.165, 1.54) is 23.8 Å².